The standard InChI is InChI=1S/C25H29ClO4/c26-21-16-22(27)24(20(21)10-6-1-2-7-11-23(28)29)17-12-14-19(15-13-17)25(30)18-8-4-3-5-9-18/h1,3-6,8-9,12-15,20-22,24-25,27,30H,2,7,10-11,16H2,(H,28,29)/b6-1-/t20-,21+,22+,24+,25?/m0/s1. The van der Waals surface area contributed by atoms with E-state index in [1.165, 1.54) is 0 Å². The highest BCUT2D eigenvalue weighted by Gasteiger charge is 2.41. The molecule has 1 saturated carbocycles. The quantitative estimate of drug-likeness (QED) is 0.297. The van der Waals surface area contributed by atoms with Crippen LogP contribution < -0.4 is 0 Å². The van der Waals surface area contributed by atoms with Crippen LogP contribution >= 0.6 is 11.6 Å². The van der Waals surface area contributed by atoms with Gasteiger partial charge in [-0.1, -0.05) is 66.7 Å². The number of halogens is 1. The van der Waals surface area contributed by atoms with E-state index in [1.807, 2.05) is 60.7 Å². The molecule has 0 radical (unpaired) electrons. The molecule has 160 valence electrons. The van der Waals surface area contributed by atoms with Gasteiger partial charge < -0.3 is 15.3 Å². The molecular formula is C25H29ClO4. The number of aliphatic hydroxyl groups excluding tert-OH is 2. The van der Waals surface area contributed by atoms with Crippen LogP contribution in [-0.4, -0.2) is 32.8 Å². The molecule has 1 aliphatic rings. The van der Waals surface area contributed by atoms with Crippen molar-refractivity contribution in [3.05, 3.63) is 83.4 Å². The Morgan fingerprint density at radius 2 is 1.73 bits per heavy atom. The molecule has 0 bridgehead atoms. The maximum absolute atomic E-state index is 10.6. The van der Waals surface area contributed by atoms with Gasteiger partial charge in [0.25, 0.3) is 0 Å². The van der Waals surface area contributed by atoms with Gasteiger partial charge in [0.15, 0.2) is 0 Å². The molecule has 5 heteroatoms. The number of hydrogen-bond donors (Lipinski definition) is 3. The summed E-state index contributed by atoms with van der Waals surface area (Å²) in [7, 11) is 0. The van der Waals surface area contributed by atoms with Crippen molar-refractivity contribution in [1.29, 1.82) is 0 Å². The average Bonchev–Trinajstić information content (AvgIpc) is 3.03. The summed E-state index contributed by atoms with van der Waals surface area (Å²) >= 11 is 6.55. The number of carbonyl (C=O) groups is 1. The molecule has 2 aromatic carbocycles. The van der Waals surface area contributed by atoms with Gasteiger partial charge in [0.1, 0.15) is 6.10 Å². The van der Waals surface area contributed by atoms with Crippen molar-refractivity contribution in [3.8, 4) is 0 Å². The van der Waals surface area contributed by atoms with Gasteiger partial charge in [0, 0.05) is 17.7 Å². The number of aliphatic hydroxyl groups is 2. The minimum atomic E-state index is -0.774. The molecule has 1 fully saturated rings. The van der Waals surface area contributed by atoms with Crippen LogP contribution in [0.2, 0.25) is 0 Å². The molecule has 0 saturated heterocycles. The first-order valence-corrected chi connectivity index (χ1v) is 10.9. The van der Waals surface area contributed by atoms with Crippen LogP contribution in [0.4, 0.5) is 0 Å². The van der Waals surface area contributed by atoms with E-state index < -0.39 is 18.2 Å². The highest BCUT2D eigenvalue weighted by molar-refractivity contribution is 6.21. The molecule has 0 aliphatic heterocycles. The second-order valence-corrected chi connectivity index (χ2v) is 8.54. The molecule has 0 amide bonds. The van der Waals surface area contributed by atoms with Crippen LogP contribution in [-0.2, 0) is 4.79 Å². The molecule has 0 heterocycles. The molecular weight excluding hydrogens is 400 g/mol. The van der Waals surface area contributed by atoms with Gasteiger partial charge in [-0.05, 0) is 48.3 Å². The molecule has 0 aromatic heterocycles. The Balaban J connectivity index is 1.66. The van der Waals surface area contributed by atoms with Crippen molar-refractivity contribution in [2.24, 2.45) is 5.92 Å². The molecule has 3 rings (SSSR count). The van der Waals surface area contributed by atoms with Crippen LogP contribution in [0.25, 0.3) is 0 Å². The van der Waals surface area contributed by atoms with Crippen molar-refractivity contribution in [2.45, 2.75) is 55.6 Å². The SMILES string of the molecule is O=C(O)CCC/C=C\C[C@@H]1[C@@H](c2ccc(C(O)c3ccccc3)cc2)[C@H](O)C[C@H]1Cl. The summed E-state index contributed by atoms with van der Waals surface area (Å²) < 4.78 is 0. The Bertz CT molecular complexity index is 834. The second-order valence-electron chi connectivity index (χ2n) is 7.98. The van der Waals surface area contributed by atoms with Gasteiger partial charge in [-0.25, -0.2) is 0 Å². The van der Waals surface area contributed by atoms with Crippen LogP contribution in [0.1, 0.15) is 60.8 Å². The highest BCUT2D eigenvalue weighted by atomic mass is 35.5. The lowest BCUT2D eigenvalue weighted by Gasteiger charge is -2.23. The van der Waals surface area contributed by atoms with Crippen molar-refractivity contribution in [2.75, 3.05) is 0 Å². The molecule has 0 spiro atoms. The monoisotopic (exact) mass is 428 g/mol. The molecule has 30 heavy (non-hydrogen) atoms. The van der Waals surface area contributed by atoms with E-state index in [4.69, 9.17) is 16.7 Å². The van der Waals surface area contributed by atoms with Gasteiger partial charge in [-0.2, -0.15) is 0 Å². The molecule has 1 unspecified atom stereocenters. The van der Waals surface area contributed by atoms with Crippen molar-refractivity contribution in [1.82, 2.24) is 0 Å². The second kappa shape index (κ2) is 10.8. The smallest absolute Gasteiger partial charge is 0.303 e. The normalized spacial score (nSPS) is 24.9. The molecule has 4 nitrogen and oxygen atoms in total. The molecule has 1 aliphatic carbocycles. The average molecular weight is 429 g/mol. The predicted octanol–water partition coefficient (Wildman–Crippen LogP) is 5.04. The number of alkyl halides is 1. The topological polar surface area (TPSA) is 77.8 Å². The molecule has 5 atom stereocenters. The summed E-state index contributed by atoms with van der Waals surface area (Å²) in [6, 6.07) is 17.3. The molecule has 3 N–H and O–H groups in total. The Morgan fingerprint density at radius 1 is 1.07 bits per heavy atom. The van der Waals surface area contributed by atoms with Gasteiger partial charge in [0.05, 0.1) is 6.10 Å². The maximum Gasteiger partial charge on any atom is 0.303 e. The summed E-state index contributed by atoms with van der Waals surface area (Å²) in [6.45, 7) is 0. The van der Waals surface area contributed by atoms with Crippen LogP contribution in [0, 0.1) is 5.92 Å². The molecule has 2 aromatic rings. The zero-order valence-corrected chi connectivity index (χ0v) is 17.7. The third-order valence-electron chi connectivity index (χ3n) is 5.90. The van der Waals surface area contributed by atoms with E-state index in [2.05, 4.69) is 6.08 Å². The number of unbranched alkanes of at least 4 members (excludes halogenated alkanes) is 1. The summed E-state index contributed by atoms with van der Waals surface area (Å²) in [6.07, 6.45) is 5.71. The van der Waals surface area contributed by atoms with Crippen molar-refractivity contribution in [3.63, 3.8) is 0 Å². The van der Waals surface area contributed by atoms with E-state index in [0.717, 1.165) is 29.5 Å². The van der Waals surface area contributed by atoms with Crippen LogP contribution in [0.5, 0.6) is 0 Å². The lowest BCUT2D eigenvalue weighted by molar-refractivity contribution is -0.137. The number of hydrogen-bond acceptors (Lipinski definition) is 3. The fourth-order valence-electron chi connectivity index (χ4n) is 4.30. The summed E-state index contributed by atoms with van der Waals surface area (Å²) in [5.74, 6) is -0.717. The Morgan fingerprint density at radius 3 is 2.40 bits per heavy atom. The zero-order chi connectivity index (χ0) is 21.5. The lowest BCUT2D eigenvalue weighted by atomic mass is 9.84. The predicted molar refractivity (Wildman–Crippen MR) is 119 cm³/mol. The third-order valence-corrected chi connectivity index (χ3v) is 6.40. The lowest BCUT2D eigenvalue weighted by Crippen LogP contribution is -2.18. The van der Waals surface area contributed by atoms with Crippen molar-refractivity contribution >= 4 is 17.6 Å². The number of carboxylic acids is 1. The van der Waals surface area contributed by atoms with Gasteiger partial charge in [-0.15, -0.1) is 11.6 Å². The minimum Gasteiger partial charge on any atom is -0.481 e. The Kier molecular flexibility index (Phi) is 8.08. The number of rotatable bonds is 9. The highest BCUT2D eigenvalue weighted by Crippen LogP contribution is 2.45. The Hall–Kier alpha value is -2.14. The third kappa shape index (κ3) is 5.72. The van der Waals surface area contributed by atoms with Crippen LogP contribution in [0.15, 0.2) is 66.7 Å². The van der Waals surface area contributed by atoms with Crippen LogP contribution in [0.3, 0.4) is 0 Å². The van der Waals surface area contributed by atoms with E-state index in [1.54, 1.807) is 0 Å². The first-order chi connectivity index (χ1) is 14.5. The first kappa shape index (κ1) is 22.5. The minimum absolute atomic E-state index is 0.0564. The maximum atomic E-state index is 10.6. The summed E-state index contributed by atoms with van der Waals surface area (Å²) in [4.78, 5) is 10.6. The Labute approximate surface area is 182 Å². The van der Waals surface area contributed by atoms with E-state index >= 15 is 0 Å². The fraction of sp³-hybridized carbons (Fsp3) is 0.400. The van der Waals surface area contributed by atoms with E-state index in [0.29, 0.717) is 12.8 Å². The number of aliphatic carboxylic acids is 1. The van der Waals surface area contributed by atoms with Gasteiger partial charge >= 0.3 is 5.97 Å². The summed E-state index contributed by atoms with van der Waals surface area (Å²) in [5, 5.41) is 29.8. The first-order valence-electron chi connectivity index (χ1n) is 10.5. The number of allylic oxidation sites excluding steroid dienone is 2. The number of benzene rings is 2. The zero-order valence-electron chi connectivity index (χ0n) is 16.9. The largest absolute Gasteiger partial charge is 0.481 e. The fourth-order valence-corrected chi connectivity index (χ4v) is 4.74. The summed E-state index contributed by atoms with van der Waals surface area (Å²) in [5.41, 5.74) is 2.69. The van der Waals surface area contributed by atoms with Crippen molar-refractivity contribution < 1.29 is 20.1 Å². The van der Waals surface area contributed by atoms with Gasteiger partial charge in [-0.3, -0.25) is 4.79 Å². The van der Waals surface area contributed by atoms with E-state index in [9.17, 15) is 15.0 Å². The number of carboxylic acid groups (broad SMARTS) is 1. The van der Waals surface area contributed by atoms with Gasteiger partial charge in [0.2, 0.25) is 0 Å². The van der Waals surface area contributed by atoms with E-state index in [-0.39, 0.29) is 23.6 Å².